The van der Waals surface area contributed by atoms with Crippen LogP contribution >= 0.6 is 22.6 Å². The molecule has 0 aromatic heterocycles. The maximum Gasteiger partial charge on any atom is 0.321 e. The lowest BCUT2D eigenvalue weighted by Crippen LogP contribution is -2.10. The molecule has 0 radical (unpaired) electrons. The lowest BCUT2D eigenvalue weighted by molar-refractivity contribution is -0.131. The monoisotopic (exact) mass is 410 g/mol. The van der Waals surface area contributed by atoms with Gasteiger partial charge in [-0.05, 0) is 34.7 Å². The molecule has 0 saturated heterocycles. The molecule has 0 aliphatic carbocycles. The third kappa shape index (κ3) is 4.00. The van der Waals surface area contributed by atoms with Crippen molar-refractivity contribution < 1.29 is 14.6 Å². The molecular weight excluding hydrogens is 391 g/mol. The molecule has 3 nitrogen and oxygen atoms in total. The predicted octanol–water partition coefficient (Wildman–Crippen LogP) is 4.70. The van der Waals surface area contributed by atoms with E-state index in [-0.39, 0.29) is 21.6 Å². The molecule has 2 aromatic carbocycles. The molecule has 4 heteroatoms. The number of hydrogen-bond donors (Lipinski definition) is 1. The highest BCUT2D eigenvalue weighted by Crippen LogP contribution is 2.34. The van der Waals surface area contributed by atoms with Crippen LogP contribution in [0.4, 0.5) is 0 Å². The summed E-state index contributed by atoms with van der Waals surface area (Å²) in [5.41, 5.74) is 2.91. The number of hydrogen-bond acceptors (Lipinski definition) is 3. The maximum absolute atomic E-state index is 11.5. The summed E-state index contributed by atoms with van der Waals surface area (Å²) in [5, 5.41) is 9.73. The number of benzene rings is 2. The molecule has 2 aromatic rings. The van der Waals surface area contributed by atoms with Crippen molar-refractivity contribution in [1.82, 2.24) is 0 Å². The van der Waals surface area contributed by atoms with E-state index in [1.54, 1.807) is 12.1 Å². The van der Waals surface area contributed by atoms with Gasteiger partial charge in [0.05, 0.1) is 4.43 Å². The molecule has 116 valence electrons. The topological polar surface area (TPSA) is 46.5 Å². The van der Waals surface area contributed by atoms with E-state index < -0.39 is 0 Å². The van der Waals surface area contributed by atoms with Crippen molar-refractivity contribution in [3.8, 4) is 22.6 Å². The van der Waals surface area contributed by atoms with Gasteiger partial charge in [-0.2, -0.15) is 0 Å². The Labute approximate surface area is 144 Å². The van der Waals surface area contributed by atoms with E-state index in [1.165, 1.54) is 11.6 Å². The highest BCUT2D eigenvalue weighted by Gasteiger charge is 2.15. The van der Waals surface area contributed by atoms with Gasteiger partial charge in [-0.25, -0.2) is 0 Å². The molecule has 2 rings (SSSR count). The van der Waals surface area contributed by atoms with Gasteiger partial charge in [0.25, 0.3) is 0 Å². The Morgan fingerprint density at radius 2 is 1.77 bits per heavy atom. The molecule has 0 spiro atoms. The maximum atomic E-state index is 11.5. The number of carbonyl (C=O) groups is 1. The quantitative estimate of drug-likeness (QED) is 0.346. The minimum atomic E-state index is -0.307. The molecule has 0 aliphatic heterocycles. The standard InChI is InChI=1S/C18H19IO3/c1-18(2,3)13-6-4-12(5-7-13)15-10-14(20)8-9-16(15)22-17(21)11-19/h4-10,20H,11H2,1-3H3. The molecule has 1 N–H and O–H groups in total. The highest BCUT2D eigenvalue weighted by molar-refractivity contribution is 14.1. The number of esters is 1. The van der Waals surface area contributed by atoms with E-state index >= 15 is 0 Å². The van der Waals surface area contributed by atoms with Crippen LogP contribution in [0.1, 0.15) is 26.3 Å². The van der Waals surface area contributed by atoms with E-state index in [0.717, 1.165) is 5.56 Å². The van der Waals surface area contributed by atoms with Crippen LogP contribution < -0.4 is 4.74 Å². The van der Waals surface area contributed by atoms with Crippen LogP contribution in [0.3, 0.4) is 0 Å². The molecule has 0 saturated carbocycles. The fourth-order valence-electron chi connectivity index (χ4n) is 2.13. The Bertz CT molecular complexity index is 670. The lowest BCUT2D eigenvalue weighted by atomic mass is 9.86. The Kier molecular flexibility index (Phi) is 5.11. The first-order chi connectivity index (χ1) is 10.3. The molecule has 0 unspecified atom stereocenters. The first-order valence-electron chi connectivity index (χ1n) is 7.02. The van der Waals surface area contributed by atoms with Gasteiger partial charge in [-0.15, -0.1) is 0 Å². The fraction of sp³-hybridized carbons (Fsp3) is 0.278. The average molecular weight is 410 g/mol. The van der Waals surface area contributed by atoms with Gasteiger partial charge < -0.3 is 9.84 Å². The summed E-state index contributed by atoms with van der Waals surface area (Å²) in [6.07, 6.45) is 0. The van der Waals surface area contributed by atoms with Crippen molar-refractivity contribution in [2.45, 2.75) is 26.2 Å². The van der Waals surface area contributed by atoms with E-state index in [4.69, 9.17) is 4.74 Å². The second-order valence-electron chi connectivity index (χ2n) is 6.12. The van der Waals surface area contributed by atoms with E-state index in [1.807, 2.05) is 34.7 Å². The van der Waals surface area contributed by atoms with Gasteiger partial charge in [0.1, 0.15) is 11.5 Å². The van der Waals surface area contributed by atoms with Gasteiger partial charge in [-0.3, -0.25) is 4.79 Å². The summed E-state index contributed by atoms with van der Waals surface area (Å²) in [6.45, 7) is 6.47. The molecule has 0 amide bonds. The van der Waals surface area contributed by atoms with Crippen LogP contribution in [0.5, 0.6) is 11.5 Å². The molecule has 0 heterocycles. The summed E-state index contributed by atoms with van der Waals surface area (Å²) in [6, 6.07) is 12.8. The zero-order valence-electron chi connectivity index (χ0n) is 12.9. The number of ether oxygens (including phenoxy) is 1. The first kappa shape index (κ1) is 16.8. The Morgan fingerprint density at radius 1 is 1.14 bits per heavy atom. The zero-order chi connectivity index (χ0) is 16.3. The Morgan fingerprint density at radius 3 is 2.32 bits per heavy atom. The molecule has 0 fully saturated rings. The second kappa shape index (κ2) is 6.69. The molecular formula is C18H19IO3. The largest absolute Gasteiger partial charge is 0.508 e. The summed E-state index contributed by atoms with van der Waals surface area (Å²) >= 11 is 1.96. The number of halogens is 1. The van der Waals surface area contributed by atoms with Crippen molar-refractivity contribution >= 4 is 28.6 Å². The van der Waals surface area contributed by atoms with Crippen molar-refractivity contribution in [3.63, 3.8) is 0 Å². The van der Waals surface area contributed by atoms with Crippen molar-refractivity contribution in [2.75, 3.05) is 4.43 Å². The van der Waals surface area contributed by atoms with Crippen molar-refractivity contribution in [2.24, 2.45) is 0 Å². The van der Waals surface area contributed by atoms with Gasteiger partial charge in [0.15, 0.2) is 0 Å². The Hall–Kier alpha value is -1.56. The third-order valence-electron chi connectivity index (χ3n) is 3.36. The average Bonchev–Trinajstić information content (AvgIpc) is 2.48. The van der Waals surface area contributed by atoms with Crippen molar-refractivity contribution in [3.05, 3.63) is 48.0 Å². The fourth-order valence-corrected chi connectivity index (χ4v) is 2.29. The summed E-state index contributed by atoms with van der Waals surface area (Å²) < 4.78 is 5.62. The minimum Gasteiger partial charge on any atom is -0.508 e. The van der Waals surface area contributed by atoms with Crippen LogP contribution in [-0.2, 0) is 10.2 Å². The third-order valence-corrected chi connectivity index (χ3v) is 3.98. The molecule has 22 heavy (non-hydrogen) atoms. The lowest BCUT2D eigenvalue weighted by Gasteiger charge is -2.19. The van der Waals surface area contributed by atoms with Crippen molar-refractivity contribution in [1.29, 1.82) is 0 Å². The SMILES string of the molecule is CC(C)(C)c1ccc(-c2cc(O)ccc2OC(=O)CI)cc1. The van der Waals surface area contributed by atoms with Crippen LogP contribution in [0.2, 0.25) is 0 Å². The first-order valence-corrected chi connectivity index (χ1v) is 8.54. The van der Waals surface area contributed by atoms with Gasteiger partial charge in [0.2, 0.25) is 0 Å². The number of carbonyl (C=O) groups excluding carboxylic acids is 1. The van der Waals surface area contributed by atoms with Crippen LogP contribution in [0, 0.1) is 0 Å². The highest BCUT2D eigenvalue weighted by atomic mass is 127. The Balaban J connectivity index is 2.42. The van der Waals surface area contributed by atoms with Gasteiger partial charge in [0, 0.05) is 5.56 Å². The van der Waals surface area contributed by atoms with E-state index in [2.05, 4.69) is 32.9 Å². The number of phenols is 1. The normalized spacial score (nSPS) is 11.3. The van der Waals surface area contributed by atoms with Crippen LogP contribution in [-0.4, -0.2) is 15.5 Å². The van der Waals surface area contributed by atoms with Gasteiger partial charge >= 0.3 is 5.97 Å². The van der Waals surface area contributed by atoms with Crippen LogP contribution in [0.15, 0.2) is 42.5 Å². The number of aromatic hydroxyl groups is 1. The summed E-state index contributed by atoms with van der Waals surface area (Å²) in [5.74, 6) is 0.297. The number of rotatable bonds is 3. The zero-order valence-corrected chi connectivity index (χ0v) is 15.0. The molecule has 0 bridgehead atoms. The summed E-state index contributed by atoms with van der Waals surface area (Å²) in [4.78, 5) is 11.5. The summed E-state index contributed by atoms with van der Waals surface area (Å²) in [7, 11) is 0. The number of phenolic OH excluding ortho intramolecular Hbond substituents is 1. The second-order valence-corrected chi connectivity index (χ2v) is 6.88. The van der Waals surface area contributed by atoms with Gasteiger partial charge in [-0.1, -0.05) is 67.6 Å². The smallest absolute Gasteiger partial charge is 0.321 e. The number of alkyl halides is 1. The molecule has 0 atom stereocenters. The molecule has 0 aliphatic rings. The van der Waals surface area contributed by atoms with E-state index in [9.17, 15) is 9.90 Å². The minimum absolute atomic E-state index is 0.0772. The van der Waals surface area contributed by atoms with E-state index in [0.29, 0.717) is 11.3 Å². The predicted molar refractivity (Wildman–Crippen MR) is 96.8 cm³/mol. The van der Waals surface area contributed by atoms with Crippen LogP contribution in [0.25, 0.3) is 11.1 Å².